The largest absolute Gasteiger partial charge is 0.525 e. The Hall–Kier alpha value is -2.31. The van der Waals surface area contributed by atoms with E-state index in [9.17, 15) is 0 Å². The maximum atomic E-state index is 16.2. The lowest BCUT2D eigenvalue weighted by Crippen LogP contribution is -2.41. The van der Waals surface area contributed by atoms with Crippen molar-refractivity contribution >= 4 is 24.1 Å². The van der Waals surface area contributed by atoms with Gasteiger partial charge in [0.25, 0.3) is 0 Å². The molecule has 2 aromatic rings. The Kier molecular flexibility index (Phi) is 8.15. The topological polar surface area (TPSA) is 24.9 Å². The van der Waals surface area contributed by atoms with Crippen molar-refractivity contribution in [2.45, 2.75) is 66.6 Å². The zero-order chi connectivity index (χ0) is 25.1. The van der Waals surface area contributed by atoms with Gasteiger partial charge in [0.1, 0.15) is 5.73 Å². The quantitative estimate of drug-likeness (QED) is 0.382. The molecular weight excluding hydrogens is 426 g/mol. The monoisotopic (exact) mass is 466 g/mol. The van der Waals surface area contributed by atoms with Crippen molar-refractivity contribution in [3.8, 4) is 0 Å². The molecule has 1 fully saturated rings. The van der Waals surface area contributed by atoms with E-state index in [2.05, 4.69) is 61.8 Å². The Morgan fingerprint density at radius 3 is 1.29 bits per heavy atom. The van der Waals surface area contributed by atoms with Crippen molar-refractivity contribution in [2.75, 3.05) is 36.0 Å². The minimum Gasteiger partial charge on any atom is -0.398 e. The SMILES string of the molecule is CCN(CC)c1ccc(C(=C(F)B2OC(C)(C)C(C)(C)O2)c2ccc(N(CC)CC)cc2)cc1. The number of nitrogens with zero attached hydrogens (tertiary/aromatic N) is 2. The first-order chi connectivity index (χ1) is 16.1. The van der Waals surface area contributed by atoms with Gasteiger partial charge in [-0.05, 0) is 90.8 Å². The summed E-state index contributed by atoms with van der Waals surface area (Å²) in [6.07, 6.45) is 0. The summed E-state index contributed by atoms with van der Waals surface area (Å²) < 4.78 is 28.4. The van der Waals surface area contributed by atoms with Gasteiger partial charge in [0, 0.05) is 43.1 Å². The van der Waals surface area contributed by atoms with Crippen molar-refractivity contribution in [3.05, 3.63) is 65.4 Å². The zero-order valence-electron chi connectivity index (χ0n) is 22.1. The maximum absolute atomic E-state index is 16.2. The Bertz CT molecular complexity index is 905. The van der Waals surface area contributed by atoms with Crippen molar-refractivity contribution in [1.29, 1.82) is 0 Å². The molecule has 1 aliphatic rings. The van der Waals surface area contributed by atoms with Crippen LogP contribution in [0.2, 0.25) is 0 Å². The Morgan fingerprint density at radius 2 is 1.00 bits per heavy atom. The summed E-state index contributed by atoms with van der Waals surface area (Å²) in [5.74, 6) is 0. The molecule has 0 saturated carbocycles. The van der Waals surface area contributed by atoms with Gasteiger partial charge in [-0.2, -0.15) is 0 Å². The molecule has 1 aliphatic heterocycles. The molecule has 0 atom stereocenters. The lowest BCUT2D eigenvalue weighted by Gasteiger charge is -2.32. The second-order valence-electron chi connectivity index (χ2n) is 9.75. The van der Waals surface area contributed by atoms with Gasteiger partial charge >= 0.3 is 7.12 Å². The zero-order valence-corrected chi connectivity index (χ0v) is 22.1. The molecule has 0 N–H and O–H groups in total. The van der Waals surface area contributed by atoms with Crippen LogP contribution in [-0.2, 0) is 9.31 Å². The highest BCUT2D eigenvalue weighted by Crippen LogP contribution is 2.41. The predicted molar refractivity (Wildman–Crippen MR) is 143 cm³/mol. The van der Waals surface area contributed by atoms with Gasteiger partial charge in [-0.3, -0.25) is 0 Å². The molecule has 0 aromatic heterocycles. The molecule has 6 heteroatoms. The van der Waals surface area contributed by atoms with Crippen LogP contribution >= 0.6 is 0 Å². The van der Waals surface area contributed by atoms with E-state index in [1.165, 1.54) is 0 Å². The van der Waals surface area contributed by atoms with Crippen LogP contribution in [0.25, 0.3) is 5.57 Å². The number of benzene rings is 2. The molecule has 3 rings (SSSR count). The molecule has 2 aromatic carbocycles. The van der Waals surface area contributed by atoms with Gasteiger partial charge in [0.15, 0.2) is 0 Å². The summed E-state index contributed by atoms with van der Waals surface area (Å²) in [5, 5.41) is 0. The molecule has 0 spiro atoms. The van der Waals surface area contributed by atoms with E-state index in [-0.39, 0.29) is 0 Å². The second kappa shape index (κ2) is 10.5. The van der Waals surface area contributed by atoms with Crippen LogP contribution in [0.4, 0.5) is 15.8 Å². The van der Waals surface area contributed by atoms with Crippen LogP contribution in [0.5, 0.6) is 0 Å². The van der Waals surface area contributed by atoms with Crippen molar-refractivity contribution < 1.29 is 13.7 Å². The number of hydrogen-bond acceptors (Lipinski definition) is 4. The van der Waals surface area contributed by atoms with Crippen molar-refractivity contribution in [1.82, 2.24) is 0 Å². The smallest absolute Gasteiger partial charge is 0.398 e. The summed E-state index contributed by atoms with van der Waals surface area (Å²) in [6, 6.07) is 16.2. The molecule has 0 unspecified atom stereocenters. The van der Waals surface area contributed by atoms with Crippen LogP contribution in [0.3, 0.4) is 0 Å². The van der Waals surface area contributed by atoms with Crippen LogP contribution in [0.1, 0.15) is 66.5 Å². The highest BCUT2D eigenvalue weighted by molar-refractivity contribution is 6.55. The van der Waals surface area contributed by atoms with Crippen LogP contribution in [0.15, 0.2) is 54.3 Å². The normalized spacial score (nSPS) is 16.4. The lowest BCUT2D eigenvalue weighted by molar-refractivity contribution is 0.00578. The number of hydrogen-bond donors (Lipinski definition) is 0. The summed E-state index contributed by atoms with van der Waals surface area (Å²) >= 11 is 0. The number of anilines is 2. The summed E-state index contributed by atoms with van der Waals surface area (Å²) in [6.45, 7) is 20.0. The fourth-order valence-corrected chi connectivity index (χ4v) is 4.36. The highest BCUT2D eigenvalue weighted by Gasteiger charge is 2.53. The molecular formula is C28H40BFN2O2. The van der Waals surface area contributed by atoms with E-state index < -0.39 is 24.0 Å². The van der Waals surface area contributed by atoms with Gasteiger partial charge < -0.3 is 19.1 Å². The fourth-order valence-electron chi connectivity index (χ4n) is 4.36. The summed E-state index contributed by atoms with van der Waals surface area (Å²) in [7, 11) is -1.05. The van der Waals surface area contributed by atoms with E-state index in [0.29, 0.717) is 5.57 Å². The molecule has 1 saturated heterocycles. The first kappa shape index (κ1) is 26.3. The number of halogens is 1. The van der Waals surface area contributed by atoms with E-state index in [1.807, 2.05) is 52.0 Å². The molecule has 0 bridgehead atoms. The van der Waals surface area contributed by atoms with E-state index >= 15 is 4.39 Å². The van der Waals surface area contributed by atoms with E-state index in [1.54, 1.807) is 0 Å². The molecule has 0 amide bonds. The molecule has 34 heavy (non-hydrogen) atoms. The average molecular weight is 466 g/mol. The summed E-state index contributed by atoms with van der Waals surface area (Å²) in [4.78, 5) is 4.55. The van der Waals surface area contributed by atoms with Gasteiger partial charge in [-0.15, -0.1) is 0 Å². The highest BCUT2D eigenvalue weighted by atomic mass is 19.1. The summed E-state index contributed by atoms with van der Waals surface area (Å²) in [5.41, 5.74) is 2.75. The third kappa shape index (κ3) is 5.18. The molecule has 1 heterocycles. The Morgan fingerprint density at radius 1 is 0.676 bits per heavy atom. The van der Waals surface area contributed by atoms with Gasteiger partial charge in [0.2, 0.25) is 0 Å². The van der Waals surface area contributed by atoms with E-state index in [0.717, 1.165) is 48.7 Å². The lowest BCUT2D eigenvalue weighted by atomic mass is 9.80. The van der Waals surface area contributed by atoms with Crippen LogP contribution in [-0.4, -0.2) is 44.5 Å². The third-order valence-electron chi connectivity index (χ3n) is 7.27. The fraction of sp³-hybridized carbons (Fsp3) is 0.500. The Balaban J connectivity index is 2.08. The molecule has 184 valence electrons. The van der Waals surface area contributed by atoms with Gasteiger partial charge in [-0.25, -0.2) is 4.39 Å². The van der Waals surface area contributed by atoms with Crippen molar-refractivity contribution in [3.63, 3.8) is 0 Å². The maximum Gasteiger partial charge on any atom is 0.525 e. The van der Waals surface area contributed by atoms with Crippen LogP contribution < -0.4 is 9.80 Å². The van der Waals surface area contributed by atoms with Gasteiger partial charge in [-0.1, -0.05) is 24.3 Å². The second-order valence-corrected chi connectivity index (χ2v) is 9.75. The minimum atomic E-state index is -1.05. The predicted octanol–water partition coefficient (Wildman–Crippen LogP) is 6.74. The number of rotatable bonds is 9. The van der Waals surface area contributed by atoms with E-state index in [4.69, 9.17) is 9.31 Å². The standard InChI is InChI=1S/C28H40BFN2O2/c1-9-31(10-2)23-17-13-21(14-18-23)25(22-15-19-24(20-16-22)32(11-3)12-4)26(30)29-33-27(5,6)28(7,8)34-29/h13-20H,9-12H2,1-8H3. The van der Waals surface area contributed by atoms with Crippen LogP contribution in [0, 0.1) is 0 Å². The third-order valence-corrected chi connectivity index (χ3v) is 7.27. The first-order valence-electron chi connectivity index (χ1n) is 12.5. The average Bonchev–Trinajstić information content (AvgIpc) is 3.04. The Labute approximate surface area is 205 Å². The van der Waals surface area contributed by atoms with Gasteiger partial charge in [0.05, 0.1) is 11.2 Å². The molecule has 0 aliphatic carbocycles. The van der Waals surface area contributed by atoms with Crippen molar-refractivity contribution in [2.24, 2.45) is 0 Å². The molecule has 0 radical (unpaired) electrons. The molecule has 4 nitrogen and oxygen atoms in total. The first-order valence-corrected chi connectivity index (χ1v) is 12.5. The minimum absolute atomic E-state index is 0.398.